The molecule has 0 bridgehead atoms. The van der Waals surface area contributed by atoms with Crippen LogP contribution >= 0.6 is 11.6 Å². The minimum atomic E-state index is -4.40. The van der Waals surface area contributed by atoms with Gasteiger partial charge in [0, 0.05) is 29.8 Å². The molecular weight excluding hydrogens is 277 g/mol. The average Bonchev–Trinajstić information content (AvgIpc) is 2.32. The van der Waals surface area contributed by atoms with E-state index in [1.165, 1.54) is 12.1 Å². The summed E-state index contributed by atoms with van der Waals surface area (Å²) in [6.45, 7) is 3.03. The molecule has 1 aliphatic rings. The number of anilines is 1. The third kappa shape index (κ3) is 3.15. The summed E-state index contributed by atoms with van der Waals surface area (Å²) in [5.74, 6) is 0.172. The van der Waals surface area contributed by atoms with Crippen LogP contribution in [0.15, 0.2) is 18.2 Å². The zero-order valence-electron chi connectivity index (χ0n) is 10.5. The molecular formula is C13H16ClF3N2. The van der Waals surface area contributed by atoms with Crippen molar-refractivity contribution in [1.82, 2.24) is 0 Å². The van der Waals surface area contributed by atoms with E-state index in [0.29, 0.717) is 19.5 Å². The Kier molecular flexibility index (Phi) is 3.97. The smallest absolute Gasteiger partial charge is 0.371 e. The van der Waals surface area contributed by atoms with Gasteiger partial charge < -0.3 is 10.6 Å². The number of rotatable bonds is 1. The van der Waals surface area contributed by atoms with Crippen molar-refractivity contribution < 1.29 is 13.2 Å². The molecule has 0 saturated carbocycles. The predicted molar refractivity (Wildman–Crippen MR) is 70.4 cm³/mol. The summed E-state index contributed by atoms with van der Waals surface area (Å²) in [4.78, 5) is 1.74. The Bertz CT molecular complexity index is 462. The van der Waals surface area contributed by atoms with Gasteiger partial charge in [-0.3, -0.25) is 0 Å². The molecule has 2 rings (SSSR count). The van der Waals surface area contributed by atoms with E-state index in [1.54, 1.807) is 4.90 Å². The number of nitrogens with zero attached hydrogens (tertiary/aromatic N) is 1. The number of alkyl halides is 3. The van der Waals surface area contributed by atoms with Crippen LogP contribution in [0.5, 0.6) is 0 Å². The summed E-state index contributed by atoms with van der Waals surface area (Å²) in [6.07, 6.45) is -3.70. The maximum absolute atomic E-state index is 13.0. The Morgan fingerprint density at radius 2 is 2.05 bits per heavy atom. The van der Waals surface area contributed by atoms with Crippen molar-refractivity contribution in [2.45, 2.75) is 25.6 Å². The van der Waals surface area contributed by atoms with Crippen LogP contribution in [0.25, 0.3) is 0 Å². The normalized spacial score (nSPS) is 24.6. The summed E-state index contributed by atoms with van der Waals surface area (Å²) < 4.78 is 39.1. The Morgan fingerprint density at radius 3 is 2.63 bits per heavy atom. The molecule has 2 N–H and O–H groups in total. The fourth-order valence-electron chi connectivity index (χ4n) is 2.39. The van der Waals surface area contributed by atoms with Gasteiger partial charge in [-0.15, -0.1) is 0 Å². The van der Waals surface area contributed by atoms with E-state index < -0.39 is 11.7 Å². The van der Waals surface area contributed by atoms with Crippen molar-refractivity contribution in [2.24, 2.45) is 11.7 Å². The molecule has 1 saturated heterocycles. The molecule has 1 aliphatic heterocycles. The lowest BCUT2D eigenvalue weighted by Gasteiger charge is -2.37. The highest BCUT2D eigenvalue weighted by atomic mass is 35.5. The molecule has 19 heavy (non-hydrogen) atoms. The number of nitrogens with two attached hydrogens (primary N) is 1. The second-order valence-corrected chi connectivity index (χ2v) is 5.47. The molecule has 0 amide bonds. The second kappa shape index (κ2) is 5.21. The van der Waals surface area contributed by atoms with Crippen LogP contribution in [0.2, 0.25) is 5.02 Å². The lowest BCUT2D eigenvalue weighted by atomic mass is 9.94. The number of hydrogen-bond acceptors (Lipinski definition) is 2. The fraction of sp³-hybridized carbons (Fsp3) is 0.538. The average molecular weight is 293 g/mol. The van der Waals surface area contributed by atoms with Gasteiger partial charge in [-0.1, -0.05) is 18.5 Å². The SMILES string of the molecule is CC1CN(c2ccc(Cl)cc2C(F)(F)F)CCC1N. The molecule has 1 aromatic carbocycles. The molecule has 1 fully saturated rings. The molecule has 2 atom stereocenters. The maximum atomic E-state index is 13.0. The van der Waals surface area contributed by atoms with Gasteiger partial charge in [0.1, 0.15) is 0 Å². The van der Waals surface area contributed by atoms with Gasteiger partial charge in [-0.25, -0.2) is 0 Å². The first-order valence-electron chi connectivity index (χ1n) is 6.16. The minimum Gasteiger partial charge on any atom is -0.371 e. The maximum Gasteiger partial charge on any atom is 0.418 e. The van der Waals surface area contributed by atoms with E-state index in [1.807, 2.05) is 6.92 Å². The lowest BCUT2D eigenvalue weighted by molar-refractivity contribution is -0.137. The lowest BCUT2D eigenvalue weighted by Crippen LogP contribution is -2.46. The molecule has 1 heterocycles. The Morgan fingerprint density at radius 1 is 1.37 bits per heavy atom. The first-order chi connectivity index (χ1) is 8.79. The minimum absolute atomic E-state index is 0.0536. The van der Waals surface area contributed by atoms with Gasteiger partial charge in [-0.2, -0.15) is 13.2 Å². The summed E-state index contributed by atoms with van der Waals surface area (Å²) >= 11 is 5.68. The van der Waals surface area contributed by atoms with Crippen LogP contribution in [0, 0.1) is 5.92 Å². The Hall–Kier alpha value is -0.940. The standard InChI is InChI=1S/C13H16ClF3N2/c1-8-7-19(5-4-11(8)18)12-3-2-9(14)6-10(12)13(15,16)17/h2-3,6,8,11H,4-5,7,18H2,1H3. The highest BCUT2D eigenvalue weighted by Crippen LogP contribution is 2.39. The largest absolute Gasteiger partial charge is 0.418 e. The molecule has 6 heteroatoms. The van der Waals surface area contributed by atoms with Crippen molar-refractivity contribution in [1.29, 1.82) is 0 Å². The number of halogens is 4. The quantitative estimate of drug-likeness (QED) is 0.858. The third-order valence-corrected chi connectivity index (χ3v) is 3.81. The summed E-state index contributed by atoms with van der Waals surface area (Å²) in [5, 5.41) is 0.0952. The molecule has 2 nitrogen and oxygen atoms in total. The Labute approximate surface area is 115 Å². The van der Waals surface area contributed by atoms with Crippen molar-refractivity contribution in [3.05, 3.63) is 28.8 Å². The van der Waals surface area contributed by atoms with Crippen LogP contribution < -0.4 is 10.6 Å². The zero-order chi connectivity index (χ0) is 14.2. The van der Waals surface area contributed by atoms with Crippen LogP contribution in [0.3, 0.4) is 0 Å². The van der Waals surface area contributed by atoms with Gasteiger partial charge in [0.05, 0.1) is 5.56 Å². The fourth-order valence-corrected chi connectivity index (χ4v) is 2.57. The Balaban J connectivity index is 2.34. The first-order valence-corrected chi connectivity index (χ1v) is 6.54. The van der Waals surface area contributed by atoms with E-state index >= 15 is 0 Å². The molecule has 0 spiro atoms. The van der Waals surface area contributed by atoms with Crippen LogP contribution in [-0.2, 0) is 6.18 Å². The van der Waals surface area contributed by atoms with E-state index in [9.17, 15) is 13.2 Å². The number of piperidine rings is 1. The number of benzene rings is 1. The van der Waals surface area contributed by atoms with Gasteiger partial charge in [-0.05, 0) is 30.5 Å². The monoisotopic (exact) mass is 292 g/mol. The van der Waals surface area contributed by atoms with Crippen molar-refractivity contribution in [3.8, 4) is 0 Å². The topological polar surface area (TPSA) is 29.3 Å². The molecule has 0 radical (unpaired) electrons. The van der Waals surface area contributed by atoms with E-state index in [2.05, 4.69) is 0 Å². The van der Waals surface area contributed by atoms with Crippen molar-refractivity contribution >= 4 is 17.3 Å². The predicted octanol–water partition coefficient (Wildman–Crippen LogP) is 3.53. The van der Waals surface area contributed by atoms with Crippen LogP contribution in [0.4, 0.5) is 18.9 Å². The zero-order valence-corrected chi connectivity index (χ0v) is 11.3. The highest BCUT2D eigenvalue weighted by Gasteiger charge is 2.36. The van der Waals surface area contributed by atoms with Crippen LogP contribution in [-0.4, -0.2) is 19.1 Å². The van der Waals surface area contributed by atoms with Gasteiger partial charge in [0.2, 0.25) is 0 Å². The van der Waals surface area contributed by atoms with Crippen molar-refractivity contribution in [2.75, 3.05) is 18.0 Å². The summed E-state index contributed by atoms with van der Waals surface area (Å²) in [7, 11) is 0. The molecule has 0 aromatic heterocycles. The number of hydrogen-bond donors (Lipinski definition) is 1. The summed E-state index contributed by atoms with van der Waals surface area (Å²) in [6, 6.07) is 3.97. The van der Waals surface area contributed by atoms with Gasteiger partial charge in [0.25, 0.3) is 0 Å². The van der Waals surface area contributed by atoms with E-state index in [4.69, 9.17) is 17.3 Å². The van der Waals surface area contributed by atoms with Gasteiger partial charge >= 0.3 is 6.18 Å². The van der Waals surface area contributed by atoms with Gasteiger partial charge in [0.15, 0.2) is 0 Å². The third-order valence-electron chi connectivity index (χ3n) is 3.58. The molecule has 2 unspecified atom stereocenters. The van der Waals surface area contributed by atoms with E-state index in [-0.39, 0.29) is 22.7 Å². The summed E-state index contributed by atoms with van der Waals surface area (Å²) in [5.41, 5.74) is 5.41. The second-order valence-electron chi connectivity index (χ2n) is 5.04. The van der Waals surface area contributed by atoms with E-state index in [0.717, 1.165) is 6.07 Å². The molecule has 0 aliphatic carbocycles. The van der Waals surface area contributed by atoms with Crippen LogP contribution in [0.1, 0.15) is 18.9 Å². The molecule has 1 aromatic rings. The van der Waals surface area contributed by atoms with Crippen molar-refractivity contribution in [3.63, 3.8) is 0 Å². The molecule has 106 valence electrons. The first kappa shape index (κ1) is 14.5. The highest BCUT2D eigenvalue weighted by molar-refractivity contribution is 6.30.